The number of halogens is 1. The van der Waals surface area contributed by atoms with Crippen molar-refractivity contribution in [1.82, 2.24) is 19.2 Å². The Kier molecular flexibility index (Phi) is 3.50. The van der Waals surface area contributed by atoms with Crippen molar-refractivity contribution in [2.75, 3.05) is 30.9 Å². The van der Waals surface area contributed by atoms with Crippen molar-refractivity contribution in [3.63, 3.8) is 0 Å². The van der Waals surface area contributed by atoms with Crippen molar-refractivity contribution in [3.05, 3.63) is 11.5 Å². The van der Waals surface area contributed by atoms with Gasteiger partial charge in [-0.15, -0.1) is 4.09 Å². The predicted molar refractivity (Wildman–Crippen MR) is 78.2 cm³/mol. The van der Waals surface area contributed by atoms with Crippen LogP contribution in [-0.2, 0) is 14.8 Å². The van der Waals surface area contributed by atoms with Crippen LogP contribution in [0.4, 0.5) is 5.82 Å². The molecule has 0 aliphatic carbocycles. The second-order valence-corrected chi connectivity index (χ2v) is 7.07. The molecule has 2 aromatic rings. The molecule has 1 aliphatic rings. The highest BCUT2D eigenvalue weighted by atomic mass is 35.5. The van der Waals surface area contributed by atoms with Gasteiger partial charge in [-0.2, -0.15) is 15.1 Å². The molecule has 114 valence electrons. The van der Waals surface area contributed by atoms with Gasteiger partial charge in [-0.3, -0.25) is 0 Å². The van der Waals surface area contributed by atoms with Crippen LogP contribution in [0, 0.1) is 0 Å². The summed E-state index contributed by atoms with van der Waals surface area (Å²) in [4.78, 5) is 10.3. The normalized spacial score (nSPS) is 20.1. The number of aromatic nitrogens is 4. The Morgan fingerprint density at radius 1 is 1.43 bits per heavy atom. The van der Waals surface area contributed by atoms with Gasteiger partial charge in [0.15, 0.2) is 5.65 Å². The van der Waals surface area contributed by atoms with Crippen molar-refractivity contribution in [2.45, 2.75) is 13.0 Å². The van der Waals surface area contributed by atoms with Gasteiger partial charge in [0.05, 0.1) is 37.1 Å². The van der Waals surface area contributed by atoms with Gasteiger partial charge in [-0.25, -0.2) is 8.42 Å². The minimum Gasteiger partial charge on any atom is -0.377 e. The molecular formula is C11H14ClN5O3S. The van der Waals surface area contributed by atoms with Gasteiger partial charge in [-0.05, 0) is 18.5 Å². The zero-order valence-electron chi connectivity index (χ0n) is 11.5. The second-order valence-electron chi connectivity index (χ2n) is 4.92. The molecule has 1 atom stereocenters. The molecule has 0 aromatic carbocycles. The number of hydrogen-bond donors (Lipinski definition) is 0. The Hall–Kier alpha value is -1.45. The highest BCUT2D eigenvalue weighted by Gasteiger charge is 2.25. The van der Waals surface area contributed by atoms with Gasteiger partial charge in [0.1, 0.15) is 5.82 Å². The van der Waals surface area contributed by atoms with Crippen molar-refractivity contribution < 1.29 is 13.2 Å². The first-order chi connectivity index (χ1) is 9.88. The van der Waals surface area contributed by atoms with Crippen LogP contribution >= 0.6 is 11.6 Å². The quantitative estimate of drug-likeness (QED) is 0.741. The van der Waals surface area contributed by atoms with E-state index in [1.54, 1.807) is 0 Å². The Bertz CT molecular complexity index is 790. The first kappa shape index (κ1) is 14.5. The van der Waals surface area contributed by atoms with Gasteiger partial charge in [0, 0.05) is 6.54 Å². The van der Waals surface area contributed by atoms with Crippen LogP contribution in [0.2, 0.25) is 5.28 Å². The molecule has 8 nitrogen and oxygen atoms in total. The van der Waals surface area contributed by atoms with Crippen LogP contribution in [-0.4, -0.2) is 59.6 Å². The second kappa shape index (κ2) is 5.08. The molecule has 0 amide bonds. The summed E-state index contributed by atoms with van der Waals surface area (Å²) in [7, 11) is -3.55. The highest BCUT2D eigenvalue weighted by Crippen LogP contribution is 2.28. The maximum atomic E-state index is 11.7. The number of hydrogen-bond acceptors (Lipinski definition) is 7. The van der Waals surface area contributed by atoms with E-state index in [1.165, 1.54) is 6.20 Å². The molecular weight excluding hydrogens is 318 g/mol. The third kappa shape index (κ3) is 2.56. The standard InChI is InChI=1S/C11H14ClN5O3S/c1-7-6-20-4-3-16(7)9-8-5-13-17(21(2,18)19)10(8)15-11(12)14-9/h5,7H,3-4,6H2,1-2H3/t7-/m1/s1. The number of morpholine rings is 1. The summed E-state index contributed by atoms with van der Waals surface area (Å²) in [6.07, 6.45) is 2.51. The Labute approximate surface area is 126 Å². The molecule has 0 N–H and O–H groups in total. The average molecular weight is 332 g/mol. The molecule has 0 radical (unpaired) electrons. The van der Waals surface area contributed by atoms with Crippen molar-refractivity contribution >= 4 is 38.5 Å². The minimum absolute atomic E-state index is 0.0124. The van der Waals surface area contributed by atoms with Gasteiger partial charge in [0.25, 0.3) is 10.0 Å². The molecule has 21 heavy (non-hydrogen) atoms. The van der Waals surface area contributed by atoms with E-state index < -0.39 is 10.0 Å². The van der Waals surface area contributed by atoms with E-state index in [0.29, 0.717) is 31.0 Å². The fourth-order valence-electron chi connectivity index (χ4n) is 2.35. The number of fused-ring (bicyclic) bond motifs is 1. The molecule has 1 saturated heterocycles. The molecule has 0 bridgehead atoms. The zero-order chi connectivity index (χ0) is 15.2. The Morgan fingerprint density at radius 3 is 2.86 bits per heavy atom. The lowest BCUT2D eigenvalue weighted by molar-refractivity contribution is 0.0987. The number of ether oxygens (including phenoxy) is 1. The topological polar surface area (TPSA) is 90.2 Å². The molecule has 0 saturated carbocycles. The van der Waals surface area contributed by atoms with E-state index in [2.05, 4.69) is 15.1 Å². The minimum atomic E-state index is -3.55. The lowest BCUT2D eigenvalue weighted by atomic mass is 10.2. The summed E-state index contributed by atoms with van der Waals surface area (Å²) < 4.78 is 29.7. The highest BCUT2D eigenvalue weighted by molar-refractivity contribution is 7.89. The predicted octanol–water partition coefficient (Wildman–Crippen LogP) is 0.512. The summed E-state index contributed by atoms with van der Waals surface area (Å²) in [5.41, 5.74) is 0.186. The van der Waals surface area contributed by atoms with E-state index >= 15 is 0 Å². The Morgan fingerprint density at radius 2 is 2.19 bits per heavy atom. The molecule has 0 unspecified atom stereocenters. The summed E-state index contributed by atoms with van der Waals surface area (Å²) in [6.45, 7) is 3.80. The van der Waals surface area contributed by atoms with E-state index in [4.69, 9.17) is 16.3 Å². The van der Waals surface area contributed by atoms with E-state index in [1.807, 2.05) is 11.8 Å². The van der Waals surface area contributed by atoms with Crippen molar-refractivity contribution in [1.29, 1.82) is 0 Å². The van der Waals surface area contributed by atoms with Crippen LogP contribution in [0.1, 0.15) is 6.92 Å². The lowest BCUT2D eigenvalue weighted by Gasteiger charge is -2.34. The molecule has 2 aromatic heterocycles. The average Bonchev–Trinajstić information content (AvgIpc) is 2.82. The molecule has 3 heterocycles. The van der Waals surface area contributed by atoms with Gasteiger partial charge in [-0.1, -0.05) is 0 Å². The van der Waals surface area contributed by atoms with E-state index in [0.717, 1.165) is 10.3 Å². The molecule has 1 fully saturated rings. The molecule has 10 heteroatoms. The first-order valence-electron chi connectivity index (χ1n) is 6.34. The Balaban J connectivity index is 2.22. The van der Waals surface area contributed by atoms with Gasteiger partial charge >= 0.3 is 0 Å². The maximum Gasteiger partial charge on any atom is 0.252 e. The van der Waals surface area contributed by atoms with Crippen LogP contribution in [0.25, 0.3) is 11.0 Å². The molecule has 1 aliphatic heterocycles. The number of anilines is 1. The first-order valence-corrected chi connectivity index (χ1v) is 8.57. The third-order valence-electron chi connectivity index (χ3n) is 3.30. The summed E-state index contributed by atoms with van der Waals surface area (Å²) in [5, 5.41) is 4.44. The number of rotatable bonds is 2. The van der Waals surface area contributed by atoms with Crippen molar-refractivity contribution in [3.8, 4) is 0 Å². The van der Waals surface area contributed by atoms with E-state index in [-0.39, 0.29) is 17.0 Å². The fourth-order valence-corrected chi connectivity index (χ4v) is 3.18. The largest absolute Gasteiger partial charge is 0.377 e. The fraction of sp³-hybridized carbons (Fsp3) is 0.545. The molecule has 3 rings (SSSR count). The third-order valence-corrected chi connectivity index (χ3v) is 4.37. The van der Waals surface area contributed by atoms with E-state index in [9.17, 15) is 8.42 Å². The maximum absolute atomic E-state index is 11.7. The smallest absolute Gasteiger partial charge is 0.252 e. The summed E-state index contributed by atoms with van der Waals surface area (Å²) in [5.74, 6) is 0.579. The summed E-state index contributed by atoms with van der Waals surface area (Å²) >= 11 is 5.95. The lowest BCUT2D eigenvalue weighted by Crippen LogP contribution is -2.44. The van der Waals surface area contributed by atoms with Crippen LogP contribution < -0.4 is 4.90 Å². The molecule has 0 spiro atoms. The van der Waals surface area contributed by atoms with Crippen LogP contribution in [0.5, 0.6) is 0 Å². The SMILES string of the molecule is C[C@@H]1COCCN1c1nc(Cl)nc2c1cnn2S(C)(=O)=O. The zero-order valence-corrected chi connectivity index (χ0v) is 13.1. The number of nitrogens with zero attached hydrogens (tertiary/aromatic N) is 5. The van der Waals surface area contributed by atoms with Crippen molar-refractivity contribution in [2.24, 2.45) is 0 Å². The van der Waals surface area contributed by atoms with Gasteiger partial charge < -0.3 is 9.64 Å². The van der Waals surface area contributed by atoms with Gasteiger partial charge in [0.2, 0.25) is 5.28 Å². The van der Waals surface area contributed by atoms with Crippen LogP contribution in [0.3, 0.4) is 0 Å². The summed E-state index contributed by atoms with van der Waals surface area (Å²) in [6, 6.07) is 0.106. The monoisotopic (exact) mass is 331 g/mol. The van der Waals surface area contributed by atoms with Crippen LogP contribution in [0.15, 0.2) is 6.20 Å².